The van der Waals surface area contributed by atoms with Gasteiger partial charge in [-0.25, -0.2) is 0 Å². The Balaban J connectivity index is 1.78. The standard InChI is InChI=1S/C26H31NO2/c1-3-27(4-2)19-20-29-24-17-15-22(16-18-24)25(21-11-7-5-8-12-21)26(28)23-13-9-6-10-14-23/h5-18,25-26,28H,3-4,19-20H2,1-2H3. The van der Waals surface area contributed by atoms with Gasteiger partial charge in [-0.1, -0.05) is 86.6 Å². The zero-order valence-corrected chi connectivity index (χ0v) is 17.4. The van der Waals surface area contributed by atoms with E-state index in [-0.39, 0.29) is 5.92 Å². The Morgan fingerprint density at radius 2 is 1.24 bits per heavy atom. The fourth-order valence-corrected chi connectivity index (χ4v) is 3.66. The molecule has 0 saturated heterocycles. The van der Waals surface area contributed by atoms with Crippen molar-refractivity contribution in [3.05, 3.63) is 102 Å². The van der Waals surface area contributed by atoms with Crippen LogP contribution in [0.5, 0.6) is 5.75 Å². The molecule has 0 amide bonds. The number of aliphatic hydroxyl groups excluding tert-OH is 1. The van der Waals surface area contributed by atoms with Crippen LogP contribution in [0.15, 0.2) is 84.9 Å². The molecule has 0 fully saturated rings. The smallest absolute Gasteiger partial charge is 0.119 e. The van der Waals surface area contributed by atoms with Crippen molar-refractivity contribution in [3.63, 3.8) is 0 Å². The molecular weight excluding hydrogens is 358 g/mol. The molecule has 0 saturated carbocycles. The van der Waals surface area contributed by atoms with Crippen LogP contribution in [-0.2, 0) is 0 Å². The zero-order valence-electron chi connectivity index (χ0n) is 17.4. The fourth-order valence-electron chi connectivity index (χ4n) is 3.66. The monoisotopic (exact) mass is 389 g/mol. The number of likely N-dealkylation sites (N-methyl/N-ethyl adjacent to an activating group) is 1. The van der Waals surface area contributed by atoms with Crippen LogP contribution in [-0.4, -0.2) is 36.2 Å². The lowest BCUT2D eigenvalue weighted by Gasteiger charge is -2.25. The normalized spacial score (nSPS) is 13.2. The van der Waals surface area contributed by atoms with E-state index in [0.717, 1.165) is 42.1 Å². The van der Waals surface area contributed by atoms with E-state index in [0.29, 0.717) is 6.61 Å². The maximum atomic E-state index is 11.2. The second kappa shape index (κ2) is 10.8. The summed E-state index contributed by atoms with van der Waals surface area (Å²) >= 11 is 0. The molecule has 0 heterocycles. The first-order valence-corrected chi connectivity index (χ1v) is 10.5. The summed E-state index contributed by atoms with van der Waals surface area (Å²) in [5.41, 5.74) is 3.09. The maximum Gasteiger partial charge on any atom is 0.119 e. The lowest BCUT2D eigenvalue weighted by Crippen LogP contribution is -2.27. The number of rotatable bonds is 10. The van der Waals surface area contributed by atoms with E-state index in [1.165, 1.54) is 0 Å². The average Bonchev–Trinajstić information content (AvgIpc) is 2.79. The van der Waals surface area contributed by atoms with Gasteiger partial charge in [0.05, 0.1) is 6.10 Å². The molecule has 3 aromatic rings. The van der Waals surface area contributed by atoms with Crippen molar-refractivity contribution in [2.45, 2.75) is 25.9 Å². The van der Waals surface area contributed by atoms with E-state index in [9.17, 15) is 5.11 Å². The molecule has 2 atom stereocenters. The largest absolute Gasteiger partial charge is 0.492 e. The molecule has 0 aliphatic heterocycles. The van der Waals surface area contributed by atoms with Gasteiger partial charge < -0.3 is 14.7 Å². The molecule has 0 aliphatic carbocycles. The Morgan fingerprint density at radius 3 is 1.79 bits per heavy atom. The summed E-state index contributed by atoms with van der Waals surface area (Å²) in [7, 11) is 0. The van der Waals surface area contributed by atoms with E-state index in [1.807, 2.05) is 60.7 Å². The van der Waals surface area contributed by atoms with Gasteiger partial charge in [0, 0.05) is 12.5 Å². The van der Waals surface area contributed by atoms with Gasteiger partial charge in [0.2, 0.25) is 0 Å². The summed E-state index contributed by atoms with van der Waals surface area (Å²) in [6, 6.07) is 28.2. The molecule has 0 aromatic heterocycles. The highest BCUT2D eigenvalue weighted by atomic mass is 16.5. The Bertz CT molecular complexity index is 830. The van der Waals surface area contributed by atoms with Crippen molar-refractivity contribution in [3.8, 4) is 5.75 Å². The highest BCUT2D eigenvalue weighted by Gasteiger charge is 2.24. The first-order chi connectivity index (χ1) is 14.2. The highest BCUT2D eigenvalue weighted by molar-refractivity contribution is 5.39. The quantitative estimate of drug-likeness (QED) is 0.512. The van der Waals surface area contributed by atoms with Crippen LogP contribution in [0, 0.1) is 0 Å². The van der Waals surface area contributed by atoms with Crippen molar-refractivity contribution >= 4 is 0 Å². The van der Waals surface area contributed by atoms with Crippen molar-refractivity contribution in [1.29, 1.82) is 0 Å². The van der Waals surface area contributed by atoms with Crippen LogP contribution in [0.3, 0.4) is 0 Å². The zero-order chi connectivity index (χ0) is 20.5. The minimum Gasteiger partial charge on any atom is -0.492 e. The fraction of sp³-hybridized carbons (Fsp3) is 0.308. The molecular formula is C26H31NO2. The Morgan fingerprint density at radius 1 is 0.724 bits per heavy atom. The summed E-state index contributed by atoms with van der Waals surface area (Å²) in [5.74, 6) is 0.727. The highest BCUT2D eigenvalue weighted by Crippen LogP contribution is 2.37. The lowest BCUT2D eigenvalue weighted by molar-refractivity contribution is 0.159. The SMILES string of the molecule is CCN(CC)CCOc1ccc(C(c2ccccc2)C(O)c2ccccc2)cc1. The molecule has 0 bridgehead atoms. The molecule has 3 aromatic carbocycles. The van der Waals surface area contributed by atoms with Gasteiger partial charge in [-0.3, -0.25) is 0 Å². The van der Waals surface area contributed by atoms with E-state index in [1.54, 1.807) is 0 Å². The predicted octanol–water partition coefficient (Wildman–Crippen LogP) is 5.27. The molecule has 3 rings (SSSR count). The summed E-state index contributed by atoms with van der Waals surface area (Å²) in [5, 5.41) is 11.2. The van der Waals surface area contributed by atoms with Crippen LogP contribution in [0.1, 0.15) is 42.6 Å². The lowest BCUT2D eigenvalue weighted by atomic mass is 9.83. The summed E-state index contributed by atoms with van der Waals surface area (Å²) in [6.45, 7) is 8.01. The van der Waals surface area contributed by atoms with Gasteiger partial charge >= 0.3 is 0 Å². The molecule has 0 aliphatic rings. The van der Waals surface area contributed by atoms with E-state index >= 15 is 0 Å². The third kappa shape index (κ3) is 5.69. The van der Waals surface area contributed by atoms with Gasteiger partial charge in [-0.05, 0) is 41.9 Å². The number of hydrogen-bond acceptors (Lipinski definition) is 3. The molecule has 29 heavy (non-hydrogen) atoms. The summed E-state index contributed by atoms with van der Waals surface area (Å²) in [4.78, 5) is 2.34. The Labute approximate surface area is 174 Å². The number of aliphatic hydroxyl groups is 1. The number of hydrogen-bond donors (Lipinski definition) is 1. The molecule has 3 nitrogen and oxygen atoms in total. The Kier molecular flexibility index (Phi) is 7.85. The molecule has 152 valence electrons. The average molecular weight is 390 g/mol. The third-order valence-electron chi connectivity index (χ3n) is 5.43. The first kappa shape index (κ1) is 21.1. The van der Waals surface area contributed by atoms with Crippen molar-refractivity contribution < 1.29 is 9.84 Å². The molecule has 1 N–H and O–H groups in total. The van der Waals surface area contributed by atoms with Crippen molar-refractivity contribution in [1.82, 2.24) is 4.90 Å². The number of ether oxygens (including phenoxy) is 1. The maximum absolute atomic E-state index is 11.2. The van der Waals surface area contributed by atoms with E-state index in [4.69, 9.17) is 4.74 Å². The van der Waals surface area contributed by atoms with Gasteiger partial charge in [0.25, 0.3) is 0 Å². The minimum atomic E-state index is -0.618. The summed E-state index contributed by atoms with van der Waals surface area (Å²) in [6.07, 6.45) is -0.618. The number of benzene rings is 3. The first-order valence-electron chi connectivity index (χ1n) is 10.5. The van der Waals surface area contributed by atoms with Crippen LogP contribution >= 0.6 is 0 Å². The van der Waals surface area contributed by atoms with Gasteiger partial charge in [0.1, 0.15) is 12.4 Å². The summed E-state index contributed by atoms with van der Waals surface area (Å²) < 4.78 is 5.92. The molecule has 3 heteroatoms. The van der Waals surface area contributed by atoms with Crippen molar-refractivity contribution in [2.24, 2.45) is 0 Å². The second-order valence-corrected chi connectivity index (χ2v) is 7.19. The third-order valence-corrected chi connectivity index (χ3v) is 5.43. The van der Waals surface area contributed by atoms with Crippen molar-refractivity contribution in [2.75, 3.05) is 26.2 Å². The molecule has 0 spiro atoms. The molecule has 2 unspecified atom stereocenters. The van der Waals surface area contributed by atoms with Crippen LogP contribution in [0.2, 0.25) is 0 Å². The van der Waals surface area contributed by atoms with E-state index in [2.05, 4.69) is 43.0 Å². The Hall–Kier alpha value is -2.62. The number of nitrogens with zero attached hydrogens (tertiary/aromatic N) is 1. The predicted molar refractivity (Wildman–Crippen MR) is 119 cm³/mol. The topological polar surface area (TPSA) is 32.7 Å². The second-order valence-electron chi connectivity index (χ2n) is 7.19. The van der Waals surface area contributed by atoms with Gasteiger partial charge in [-0.15, -0.1) is 0 Å². The van der Waals surface area contributed by atoms with Gasteiger partial charge in [-0.2, -0.15) is 0 Å². The minimum absolute atomic E-state index is 0.136. The van der Waals surface area contributed by atoms with Crippen LogP contribution in [0.4, 0.5) is 0 Å². The van der Waals surface area contributed by atoms with Gasteiger partial charge in [0.15, 0.2) is 0 Å². The van der Waals surface area contributed by atoms with E-state index < -0.39 is 6.10 Å². The molecule has 0 radical (unpaired) electrons. The van der Waals surface area contributed by atoms with Crippen LogP contribution in [0.25, 0.3) is 0 Å². The van der Waals surface area contributed by atoms with Crippen LogP contribution < -0.4 is 4.74 Å².